The van der Waals surface area contributed by atoms with Crippen LogP contribution in [0.15, 0.2) is 30.5 Å². The van der Waals surface area contributed by atoms with Gasteiger partial charge in [0, 0.05) is 51.0 Å². The molecule has 5 heterocycles. The molecule has 242 valence electrons. The molecule has 0 unspecified atom stereocenters. The van der Waals surface area contributed by atoms with Gasteiger partial charge in [-0.25, -0.2) is 17.6 Å². The summed E-state index contributed by atoms with van der Waals surface area (Å²) in [5, 5.41) is 0.635. The summed E-state index contributed by atoms with van der Waals surface area (Å²) in [6.45, 7) is -5.23. The predicted octanol–water partition coefficient (Wildman–Crippen LogP) is 5.21. The zero-order valence-corrected chi connectivity index (χ0v) is 25.0. The van der Waals surface area contributed by atoms with Crippen LogP contribution in [-0.4, -0.2) is 83.1 Å². The second-order valence-electron chi connectivity index (χ2n) is 13.1. The first-order valence-corrected chi connectivity index (χ1v) is 15.5. The SMILES string of the molecule is [2H]C1([2H])CC2(CC2)[C@@]2(C([2H])([2H])Oc3nc(N4CCOC[C@H]5[C@H](F)[C@H]54)c4cnc(-c5cc(N)cc6ccc(F)c(C#C)c56)c(F)c4n3)C[C@]([2H])(F)CN12. The van der Waals surface area contributed by atoms with Crippen LogP contribution in [0.2, 0.25) is 0 Å². The molecule has 2 saturated carbocycles. The molecule has 3 saturated heterocycles. The highest BCUT2D eigenvalue weighted by Crippen LogP contribution is 2.66. The number of terminal acetylenes is 1. The number of nitrogens with zero attached hydrogens (tertiary/aromatic N) is 5. The minimum absolute atomic E-state index is 0.00816. The first-order valence-electron chi connectivity index (χ1n) is 18.0. The van der Waals surface area contributed by atoms with Crippen molar-refractivity contribution in [3.8, 4) is 29.6 Å². The van der Waals surface area contributed by atoms with Crippen LogP contribution < -0.4 is 15.4 Å². The van der Waals surface area contributed by atoms with Gasteiger partial charge in [0.15, 0.2) is 5.82 Å². The monoisotopic (exact) mass is 649 g/mol. The van der Waals surface area contributed by atoms with Crippen molar-refractivity contribution >= 4 is 33.2 Å². The van der Waals surface area contributed by atoms with Crippen molar-refractivity contribution in [2.45, 2.75) is 49.6 Å². The van der Waals surface area contributed by atoms with Gasteiger partial charge in [-0.05, 0) is 54.8 Å². The first kappa shape index (κ1) is 24.0. The first-order chi connectivity index (χ1) is 24.5. The Hall–Kier alpha value is -4.21. The molecule has 47 heavy (non-hydrogen) atoms. The van der Waals surface area contributed by atoms with E-state index < -0.39 is 84.4 Å². The Bertz CT molecular complexity index is 2250. The number of hydrogen-bond donors (Lipinski definition) is 1. The van der Waals surface area contributed by atoms with Crippen molar-refractivity contribution < 1.29 is 33.9 Å². The second kappa shape index (κ2) is 10.1. The van der Waals surface area contributed by atoms with Gasteiger partial charge in [-0.3, -0.25) is 9.88 Å². The highest BCUT2D eigenvalue weighted by atomic mass is 19.1. The second-order valence-corrected chi connectivity index (χ2v) is 13.1. The van der Waals surface area contributed by atoms with Crippen molar-refractivity contribution in [2.75, 3.05) is 50.0 Å². The average molecular weight is 650 g/mol. The molecule has 5 atom stereocenters. The average Bonchev–Trinajstić information content (AvgIpc) is 3.95. The van der Waals surface area contributed by atoms with Crippen molar-refractivity contribution in [1.82, 2.24) is 19.9 Å². The molecular weight excluding hydrogens is 612 g/mol. The van der Waals surface area contributed by atoms with E-state index in [1.54, 1.807) is 11.0 Å². The molecule has 1 spiro atoms. The van der Waals surface area contributed by atoms with Gasteiger partial charge >= 0.3 is 6.01 Å². The molecular formula is C35H32F4N6O2. The lowest BCUT2D eigenvalue weighted by molar-refractivity contribution is 0.0639. The van der Waals surface area contributed by atoms with Gasteiger partial charge in [0.05, 0.1) is 39.9 Å². The molecule has 2 aromatic carbocycles. The fraction of sp³-hybridized carbons (Fsp3) is 0.457. The van der Waals surface area contributed by atoms with Crippen molar-refractivity contribution in [2.24, 2.45) is 11.3 Å². The van der Waals surface area contributed by atoms with E-state index >= 15 is 13.2 Å². The summed E-state index contributed by atoms with van der Waals surface area (Å²) in [5.41, 5.74) is 2.66. The van der Waals surface area contributed by atoms with Crippen molar-refractivity contribution in [1.29, 1.82) is 0 Å². The maximum absolute atomic E-state index is 17.1. The summed E-state index contributed by atoms with van der Waals surface area (Å²) in [6.07, 6.45) is 3.00. The Morgan fingerprint density at radius 3 is 2.89 bits per heavy atom. The highest BCUT2D eigenvalue weighted by molar-refractivity contribution is 6.03. The van der Waals surface area contributed by atoms with E-state index in [0.717, 1.165) is 4.90 Å². The van der Waals surface area contributed by atoms with Crippen LogP contribution in [-0.2, 0) is 4.74 Å². The van der Waals surface area contributed by atoms with E-state index in [1.807, 2.05) is 0 Å². The molecule has 5 fully saturated rings. The summed E-state index contributed by atoms with van der Waals surface area (Å²) in [7, 11) is 0. The summed E-state index contributed by atoms with van der Waals surface area (Å²) in [5.74, 6) is 0.0638. The fourth-order valence-electron chi connectivity index (χ4n) is 7.82. The van der Waals surface area contributed by atoms with E-state index in [-0.39, 0.29) is 65.3 Å². The van der Waals surface area contributed by atoms with Crippen LogP contribution in [0.5, 0.6) is 6.01 Å². The fourth-order valence-corrected chi connectivity index (χ4v) is 7.82. The number of hydrogen-bond acceptors (Lipinski definition) is 8. The number of fused-ring (bicyclic) bond motifs is 5. The van der Waals surface area contributed by atoms with E-state index in [0.29, 0.717) is 18.2 Å². The maximum atomic E-state index is 17.1. The zero-order valence-electron chi connectivity index (χ0n) is 30.0. The third-order valence-corrected chi connectivity index (χ3v) is 10.5. The molecule has 2 N–H and O–H groups in total. The standard InChI is InChI=1S/C35H32F4N6O2/c1-2-21-25(37)4-3-18-11-20(40)12-22(26(18)21)29-28(39)30-23(14-41-29)32(45-9-10-46-16-24-27(38)31(24)45)43-33(42-30)47-17-35-13-19(36)15-44(35)8-7-34(35)5-6-34/h1,3-4,11-12,14,19,24,27,31H,5-10,13,15-17,40H2/t19-,24-,27-,31-,35-/m0/s1/i8D2,17D2,19D. The summed E-state index contributed by atoms with van der Waals surface area (Å²) in [6, 6.07) is 4.22. The molecule has 3 aliphatic heterocycles. The molecule has 0 bridgehead atoms. The number of benzene rings is 2. The Morgan fingerprint density at radius 2 is 2.09 bits per heavy atom. The van der Waals surface area contributed by atoms with E-state index in [9.17, 15) is 7.13 Å². The lowest BCUT2D eigenvalue weighted by Gasteiger charge is -2.37. The minimum Gasteiger partial charge on any atom is -0.461 e. The Balaban J connectivity index is 1.24. The van der Waals surface area contributed by atoms with E-state index in [1.165, 1.54) is 24.4 Å². The van der Waals surface area contributed by atoms with Gasteiger partial charge in [0.1, 0.15) is 41.7 Å². The summed E-state index contributed by atoms with van der Waals surface area (Å²) >= 11 is 0. The molecule has 12 heteroatoms. The number of aromatic nitrogens is 3. The van der Waals surface area contributed by atoms with Gasteiger partial charge < -0.3 is 20.1 Å². The predicted molar refractivity (Wildman–Crippen MR) is 168 cm³/mol. The number of halogens is 4. The summed E-state index contributed by atoms with van der Waals surface area (Å²) < 4.78 is 119. The number of nitrogen functional groups attached to an aromatic ring is 1. The van der Waals surface area contributed by atoms with Crippen molar-refractivity contribution in [3.05, 3.63) is 47.7 Å². The number of rotatable bonds is 5. The third kappa shape index (κ3) is 4.18. The Morgan fingerprint density at radius 1 is 1.23 bits per heavy atom. The molecule has 2 aliphatic carbocycles. The van der Waals surface area contributed by atoms with Gasteiger partial charge in [0.25, 0.3) is 0 Å². The normalized spacial score (nSPS) is 33.6. The molecule has 0 amide bonds. The van der Waals surface area contributed by atoms with E-state index in [4.69, 9.17) is 25.7 Å². The number of ether oxygens (including phenoxy) is 2. The lowest BCUT2D eigenvalue weighted by atomic mass is 9.80. The largest absolute Gasteiger partial charge is 0.461 e. The molecule has 5 aliphatic rings. The van der Waals surface area contributed by atoms with E-state index in [2.05, 4.69) is 20.9 Å². The highest BCUT2D eigenvalue weighted by Gasteiger charge is 2.68. The van der Waals surface area contributed by atoms with Crippen LogP contribution in [0.4, 0.5) is 29.1 Å². The topological polar surface area (TPSA) is 89.6 Å². The minimum atomic E-state index is -2.89. The third-order valence-electron chi connectivity index (χ3n) is 10.5. The van der Waals surface area contributed by atoms with Gasteiger partial charge in [-0.2, -0.15) is 9.97 Å². The molecule has 2 aromatic heterocycles. The van der Waals surface area contributed by atoms with Gasteiger partial charge in [0.2, 0.25) is 0 Å². The molecule has 4 aromatic rings. The quantitative estimate of drug-likeness (QED) is 0.179. The van der Waals surface area contributed by atoms with Crippen LogP contribution in [0.25, 0.3) is 32.9 Å². The number of anilines is 2. The van der Waals surface area contributed by atoms with Crippen LogP contribution in [0.1, 0.15) is 38.1 Å². The Labute approximate surface area is 275 Å². The molecule has 0 radical (unpaired) electrons. The number of nitrogens with two attached hydrogens (primary N) is 1. The molecule has 8 nitrogen and oxygen atoms in total. The summed E-state index contributed by atoms with van der Waals surface area (Å²) in [4.78, 5) is 15.9. The number of pyridine rings is 1. The van der Waals surface area contributed by atoms with Crippen molar-refractivity contribution in [3.63, 3.8) is 0 Å². The zero-order chi connectivity index (χ0) is 36.7. The maximum Gasteiger partial charge on any atom is 0.319 e. The Kier molecular flexibility index (Phi) is 5.18. The van der Waals surface area contributed by atoms with Crippen LogP contribution in [0.3, 0.4) is 0 Å². The smallest absolute Gasteiger partial charge is 0.319 e. The molecule has 9 rings (SSSR count). The van der Waals surface area contributed by atoms with Crippen LogP contribution in [0, 0.1) is 35.3 Å². The lowest BCUT2D eigenvalue weighted by Crippen LogP contribution is -2.49. The number of alkyl halides is 2. The van der Waals surface area contributed by atoms with Gasteiger partial charge in [-0.15, -0.1) is 6.42 Å². The van der Waals surface area contributed by atoms with Crippen LogP contribution >= 0.6 is 0 Å². The van der Waals surface area contributed by atoms with Gasteiger partial charge in [-0.1, -0.05) is 12.0 Å².